The van der Waals surface area contributed by atoms with E-state index in [4.69, 9.17) is 4.42 Å². The number of hydrogen-bond acceptors (Lipinski definition) is 5. The van der Waals surface area contributed by atoms with Crippen molar-refractivity contribution < 1.29 is 4.42 Å². The summed E-state index contributed by atoms with van der Waals surface area (Å²) in [5.41, 5.74) is 2.51. The number of aromatic nitrogens is 4. The van der Waals surface area contributed by atoms with Crippen molar-refractivity contribution >= 4 is 22.2 Å². The van der Waals surface area contributed by atoms with E-state index in [0.717, 1.165) is 16.6 Å². The minimum Gasteiger partial charge on any atom is -0.429 e. The Labute approximate surface area is 89.3 Å². The van der Waals surface area contributed by atoms with Crippen LogP contribution in [0, 0.1) is 13.8 Å². The van der Waals surface area contributed by atoms with Crippen LogP contribution in [0.2, 0.25) is 0 Å². The van der Waals surface area contributed by atoms with E-state index in [0.29, 0.717) is 11.2 Å². The molecule has 0 aliphatic heterocycles. The van der Waals surface area contributed by atoms with E-state index in [1.165, 1.54) is 6.33 Å². The Morgan fingerprint density at radius 1 is 1.31 bits per heavy atom. The fraction of sp³-hybridized carbons (Fsp3) is 0.200. The molecule has 3 aromatic heterocycles. The predicted molar refractivity (Wildman–Crippen MR) is 57.2 cm³/mol. The minimum atomic E-state index is -0.306. The van der Waals surface area contributed by atoms with Gasteiger partial charge in [0.2, 0.25) is 11.3 Å². The van der Waals surface area contributed by atoms with Crippen LogP contribution in [0.4, 0.5) is 0 Å². The van der Waals surface area contributed by atoms with Crippen LogP contribution in [0.25, 0.3) is 22.2 Å². The molecule has 3 rings (SSSR count). The van der Waals surface area contributed by atoms with Gasteiger partial charge in [0, 0.05) is 0 Å². The molecule has 0 spiro atoms. The molecule has 0 saturated heterocycles. The number of aromatic amines is 1. The van der Waals surface area contributed by atoms with E-state index in [-0.39, 0.29) is 11.1 Å². The average molecular weight is 216 g/mol. The Balaban J connectivity index is 2.68. The molecular weight excluding hydrogens is 208 g/mol. The normalized spacial score (nSPS) is 11.4. The topological polar surface area (TPSA) is 84.7 Å². The summed E-state index contributed by atoms with van der Waals surface area (Å²) in [7, 11) is 0. The monoisotopic (exact) mass is 216 g/mol. The lowest BCUT2D eigenvalue weighted by atomic mass is 10.1. The summed E-state index contributed by atoms with van der Waals surface area (Å²) in [4.78, 5) is 18.1. The van der Waals surface area contributed by atoms with Crippen molar-refractivity contribution in [3.05, 3.63) is 27.9 Å². The number of hydrogen-bond donors (Lipinski definition) is 1. The molecule has 6 nitrogen and oxygen atoms in total. The van der Waals surface area contributed by atoms with Crippen LogP contribution in [0.3, 0.4) is 0 Å². The maximum Gasteiger partial charge on any atom is 0.294 e. The summed E-state index contributed by atoms with van der Waals surface area (Å²) in [5, 5.41) is 8.62. The van der Waals surface area contributed by atoms with Gasteiger partial charge in [0.15, 0.2) is 0 Å². The van der Waals surface area contributed by atoms with Gasteiger partial charge < -0.3 is 9.40 Å². The Kier molecular flexibility index (Phi) is 1.62. The smallest absolute Gasteiger partial charge is 0.294 e. The number of rotatable bonds is 0. The lowest BCUT2D eigenvalue weighted by Crippen LogP contribution is -2.04. The first-order valence-electron chi connectivity index (χ1n) is 4.78. The fourth-order valence-electron chi connectivity index (χ4n) is 1.69. The van der Waals surface area contributed by atoms with E-state index in [1.807, 2.05) is 13.8 Å². The number of nitrogens with one attached hydrogen (secondary N) is 1. The highest BCUT2D eigenvalue weighted by Crippen LogP contribution is 2.26. The molecule has 0 aromatic carbocycles. The molecule has 0 aliphatic carbocycles. The molecule has 0 unspecified atom stereocenters. The molecule has 0 fully saturated rings. The van der Waals surface area contributed by atoms with Crippen molar-refractivity contribution in [1.29, 1.82) is 0 Å². The number of H-pyrrole nitrogens is 1. The molecule has 6 heteroatoms. The molecule has 0 radical (unpaired) electrons. The maximum absolute atomic E-state index is 11.5. The summed E-state index contributed by atoms with van der Waals surface area (Å²) in [6.45, 7) is 3.76. The molecule has 3 aromatic rings. The van der Waals surface area contributed by atoms with Gasteiger partial charge in [-0.05, 0) is 19.4 Å². The Hall–Kier alpha value is -2.24. The highest BCUT2D eigenvalue weighted by Gasteiger charge is 2.15. The predicted octanol–water partition coefficient (Wildman–Crippen LogP) is 1.08. The first kappa shape index (κ1) is 9.02. The van der Waals surface area contributed by atoms with Gasteiger partial charge in [-0.2, -0.15) is 5.10 Å². The molecule has 0 amide bonds. The van der Waals surface area contributed by atoms with Gasteiger partial charge >= 0.3 is 0 Å². The standard InChI is InChI=1S/C10H8N4O2/c1-4-5(2)13-14-10-6(4)7-8(16-10)9(15)12-3-11-7/h3H,1-2H3,(H,11,12,15). The number of fused-ring (bicyclic) bond motifs is 3. The molecular formula is C10H8N4O2. The van der Waals surface area contributed by atoms with Crippen LogP contribution in [0.1, 0.15) is 11.3 Å². The summed E-state index contributed by atoms with van der Waals surface area (Å²) < 4.78 is 5.34. The van der Waals surface area contributed by atoms with Gasteiger partial charge in [-0.1, -0.05) is 0 Å². The Bertz CT molecular complexity index is 756. The van der Waals surface area contributed by atoms with Crippen LogP contribution in [-0.2, 0) is 0 Å². The zero-order valence-corrected chi connectivity index (χ0v) is 8.74. The number of nitrogens with zero attached hydrogens (tertiary/aromatic N) is 3. The first-order valence-corrected chi connectivity index (χ1v) is 4.78. The Morgan fingerprint density at radius 3 is 2.94 bits per heavy atom. The van der Waals surface area contributed by atoms with Crippen LogP contribution < -0.4 is 5.56 Å². The lowest BCUT2D eigenvalue weighted by molar-refractivity contribution is 0.637. The van der Waals surface area contributed by atoms with Gasteiger partial charge in [0.1, 0.15) is 5.52 Å². The zero-order valence-electron chi connectivity index (χ0n) is 8.74. The van der Waals surface area contributed by atoms with Crippen LogP contribution in [-0.4, -0.2) is 20.2 Å². The molecule has 0 atom stereocenters. The van der Waals surface area contributed by atoms with Gasteiger partial charge in [-0.15, -0.1) is 5.10 Å². The third kappa shape index (κ3) is 1.01. The van der Waals surface area contributed by atoms with Crippen LogP contribution >= 0.6 is 0 Å². The number of furan rings is 1. The van der Waals surface area contributed by atoms with E-state index >= 15 is 0 Å². The fourth-order valence-corrected chi connectivity index (χ4v) is 1.69. The molecule has 0 saturated carbocycles. The van der Waals surface area contributed by atoms with Crippen LogP contribution in [0.15, 0.2) is 15.5 Å². The summed E-state index contributed by atoms with van der Waals surface area (Å²) >= 11 is 0. The highest BCUT2D eigenvalue weighted by molar-refractivity contribution is 6.02. The van der Waals surface area contributed by atoms with Gasteiger partial charge in [0.25, 0.3) is 5.56 Å². The van der Waals surface area contributed by atoms with Crippen molar-refractivity contribution in [1.82, 2.24) is 20.2 Å². The summed E-state index contributed by atoms with van der Waals surface area (Å²) in [5.74, 6) is 0. The third-order valence-corrected chi connectivity index (χ3v) is 2.67. The second kappa shape index (κ2) is 2.88. The van der Waals surface area contributed by atoms with E-state index in [1.54, 1.807) is 0 Å². The van der Waals surface area contributed by atoms with Gasteiger partial charge in [0.05, 0.1) is 17.4 Å². The van der Waals surface area contributed by atoms with Gasteiger partial charge in [-0.3, -0.25) is 4.79 Å². The average Bonchev–Trinajstić information content (AvgIpc) is 2.64. The number of aryl methyl sites for hydroxylation is 2. The molecule has 3 heterocycles. The lowest BCUT2D eigenvalue weighted by Gasteiger charge is -1.96. The van der Waals surface area contributed by atoms with E-state index < -0.39 is 0 Å². The van der Waals surface area contributed by atoms with Crippen LogP contribution in [0.5, 0.6) is 0 Å². The minimum absolute atomic E-state index is 0.195. The first-order chi connectivity index (χ1) is 7.68. The molecule has 80 valence electrons. The molecule has 16 heavy (non-hydrogen) atoms. The summed E-state index contributed by atoms with van der Waals surface area (Å²) in [6.07, 6.45) is 1.36. The van der Waals surface area contributed by atoms with E-state index in [9.17, 15) is 4.79 Å². The van der Waals surface area contributed by atoms with Crippen molar-refractivity contribution in [3.8, 4) is 0 Å². The zero-order chi connectivity index (χ0) is 11.3. The molecule has 1 N–H and O–H groups in total. The molecule has 0 bridgehead atoms. The van der Waals surface area contributed by atoms with Crippen molar-refractivity contribution in [2.75, 3.05) is 0 Å². The van der Waals surface area contributed by atoms with Gasteiger partial charge in [-0.25, -0.2) is 4.98 Å². The third-order valence-electron chi connectivity index (χ3n) is 2.67. The van der Waals surface area contributed by atoms with Crippen molar-refractivity contribution in [3.63, 3.8) is 0 Å². The van der Waals surface area contributed by atoms with Crippen molar-refractivity contribution in [2.45, 2.75) is 13.8 Å². The quantitative estimate of drug-likeness (QED) is 0.607. The second-order valence-electron chi connectivity index (χ2n) is 3.60. The second-order valence-corrected chi connectivity index (χ2v) is 3.60. The SMILES string of the molecule is Cc1nnc2oc3c(=O)[nH]cnc3c2c1C. The maximum atomic E-state index is 11.5. The Morgan fingerprint density at radius 2 is 2.12 bits per heavy atom. The van der Waals surface area contributed by atoms with E-state index in [2.05, 4.69) is 20.2 Å². The highest BCUT2D eigenvalue weighted by atomic mass is 16.3. The largest absolute Gasteiger partial charge is 0.429 e. The summed E-state index contributed by atoms with van der Waals surface area (Å²) in [6, 6.07) is 0. The molecule has 0 aliphatic rings. The van der Waals surface area contributed by atoms with Crippen molar-refractivity contribution in [2.24, 2.45) is 0 Å².